The van der Waals surface area contributed by atoms with E-state index in [2.05, 4.69) is 10.6 Å². The number of hydrogen-bond acceptors (Lipinski definition) is 7. The summed E-state index contributed by atoms with van der Waals surface area (Å²) in [5.74, 6) is -2.06. The first-order chi connectivity index (χ1) is 12.4. The highest BCUT2D eigenvalue weighted by Crippen LogP contribution is 2.17. The standard InChI is InChI=1S/C16H15N3O7/c1-10(15(21)18-11-4-2-5-12(8-11)19(23)24)26-14(20)9-17-16(22)13-6-3-7-25-13/h2-8,10H,9H2,1H3,(H,17,22)(H,18,21). The van der Waals surface area contributed by atoms with Crippen molar-refractivity contribution in [2.24, 2.45) is 0 Å². The van der Waals surface area contributed by atoms with Gasteiger partial charge in [0.1, 0.15) is 6.54 Å². The highest BCUT2D eigenvalue weighted by Gasteiger charge is 2.19. The number of nitro groups is 1. The lowest BCUT2D eigenvalue weighted by Gasteiger charge is -2.13. The lowest BCUT2D eigenvalue weighted by atomic mass is 10.2. The minimum atomic E-state index is -1.16. The summed E-state index contributed by atoms with van der Waals surface area (Å²) < 4.78 is 9.76. The topological polar surface area (TPSA) is 141 Å². The highest BCUT2D eigenvalue weighted by molar-refractivity contribution is 5.96. The number of anilines is 1. The minimum absolute atomic E-state index is 0.0364. The van der Waals surface area contributed by atoms with Crippen LogP contribution in [-0.4, -0.2) is 35.4 Å². The molecule has 2 amide bonds. The van der Waals surface area contributed by atoms with Crippen molar-refractivity contribution in [1.82, 2.24) is 5.32 Å². The molecular formula is C16H15N3O7. The fourth-order valence-corrected chi connectivity index (χ4v) is 1.88. The van der Waals surface area contributed by atoms with Crippen LogP contribution >= 0.6 is 0 Å². The van der Waals surface area contributed by atoms with E-state index < -0.39 is 35.4 Å². The Morgan fingerprint density at radius 1 is 1.27 bits per heavy atom. The second-order valence-corrected chi connectivity index (χ2v) is 5.09. The van der Waals surface area contributed by atoms with Gasteiger partial charge in [0.2, 0.25) is 0 Å². The summed E-state index contributed by atoms with van der Waals surface area (Å²) in [5.41, 5.74) is 0.00584. The summed E-state index contributed by atoms with van der Waals surface area (Å²) >= 11 is 0. The molecule has 2 rings (SSSR count). The third-order valence-corrected chi connectivity index (χ3v) is 3.14. The van der Waals surface area contributed by atoms with Crippen molar-refractivity contribution in [3.8, 4) is 0 Å². The predicted molar refractivity (Wildman–Crippen MR) is 88.3 cm³/mol. The molecule has 0 fully saturated rings. The molecule has 0 spiro atoms. The largest absolute Gasteiger partial charge is 0.459 e. The van der Waals surface area contributed by atoms with Crippen LogP contribution in [0.2, 0.25) is 0 Å². The Morgan fingerprint density at radius 3 is 2.69 bits per heavy atom. The van der Waals surface area contributed by atoms with Crippen LogP contribution in [0.1, 0.15) is 17.5 Å². The molecule has 10 nitrogen and oxygen atoms in total. The van der Waals surface area contributed by atoms with Crippen molar-refractivity contribution in [1.29, 1.82) is 0 Å². The average Bonchev–Trinajstić information content (AvgIpc) is 3.14. The van der Waals surface area contributed by atoms with Crippen LogP contribution in [0.3, 0.4) is 0 Å². The summed E-state index contributed by atoms with van der Waals surface area (Å²) in [6, 6.07) is 8.28. The van der Waals surface area contributed by atoms with Gasteiger partial charge in [0.05, 0.1) is 11.2 Å². The number of amides is 2. The number of non-ortho nitro benzene ring substituents is 1. The van der Waals surface area contributed by atoms with Crippen molar-refractivity contribution >= 4 is 29.2 Å². The van der Waals surface area contributed by atoms with E-state index in [0.29, 0.717) is 0 Å². The third kappa shape index (κ3) is 5.16. The lowest BCUT2D eigenvalue weighted by molar-refractivity contribution is -0.384. The van der Waals surface area contributed by atoms with Gasteiger partial charge in [-0.1, -0.05) is 6.07 Å². The van der Waals surface area contributed by atoms with Crippen molar-refractivity contribution in [3.63, 3.8) is 0 Å². The molecule has 1 atom stereocenters. The predicted octanol–water partition coefficient (Wildman–Crippen LogP) is 1.49. The van der Waals surface area contributed by atoms with Crippen LogP contribution in [0.5, 0.6) is 0 Å². The van der Waals surface area contributed by atoms with Crippen molar-refractivity contribution < 1.29 is 28.5 Å². The SMILES string of the molecule is CC(OC(=O)CNC(=O)c1ccco1)C(=O)Nc1cccc([N+](=O)[O-])c1. The minimum Gasteiger partial charge on any atom is -0.459 e. The van der Waals surface area contributed by atoms with Crippen LogP contribution in [0.4, 0.5) is 11.4 Å². The maximum atomic E-state index is 12.0. The number of hydrogen-bond donors (Lipinski definition) is 2. The van der Waals surface area contributed by atoms with E-state index in [-0.39, 0.29) is 17.1 Å². The van der Waals surface area contributed by atoms with Gasteiger partial charge in [0, 0.05) is 17.8 Å². The average molecular weight is 361 g/mol. The zero-order chi connectivity index (χ0) is 19.1. The van der Waals surface area contributed by atoms with Crippen LogP contribution < -0.4 is 10.6 Å². The Hall–Kier alpha value is -3.69. The highest BCUT2D eigenvalue weighted by atomic mass is 16.6. The Labute approximate surface area is 147 Å². The molecular weight excluding hydrogens is 346 g/mol. The Morgan fingerprint density at radius 2 is 2.04 bits per heavy atom. The fourth-order valence-electron chi connectivity index (χ4n) is 1.88. The maximum Gasteiger partial charge on any atom is 0.326 e. The summed E-state index contributed by atoms with van der Waals surface area (Å²) in [6.45, 7) is 0.882. The molecule has 1 unspecified atom stereocenters. The van der Waals surface area contributed by atoms with Crippen LogP contribution in [-0.2, 0) is 14.3 Å². The molecule has 0 aliphatic carbocycles. The molecule has 0 saturated carbocycles. The molecule has 1 heterocycles. The molecule has 2 N–H and O–H groups in total. The first kappa shape index (κ1) is 18.6. The number of rotatable bonds is 7. The number of benzene rings is 1. The Bertz CT molecular complexity index is 817. The van der Waals surface area contributed by atoms with Crippen molar-refractivity contribution in [2.45, 2.75) is 13.0 Å². The van der Waals surface area contributed by atoms with E-state index in [1.54, 1.807) is 0 Å². The number of nitrogens with one attached hydrogen (secondary N) is 2. The van der Waals surface area contributed by atoms with Gasteiger partial charge in [0.25, 0.3) is 17.5 Å². The molecule has 0 radical (unpaired) electrons. The van der Waals surface area contributed by atoms with Gasteiger partial charge < -0.3 is 19.8 Å². The van der Waals surface area contributed by atoms with E-state index in [4.69, 9.17) is 9.15 Å². The van der Waals surface area contributed by atoms with Gasteiger partial charge in [-0.2, -0.15) is 0 Å². The van der Waals surface area contributed by atoms with Gasteiger partial charge in [-0.05, 0) is 25.1 Å². The lowest BCUT2D eigenvalue weighted by Crippen LogP contribution is -2.35. The quantitative estimate of drug-likeness (QED) is 0.432. The van der Waals surface area contributed by atoms with E-state index in [0.717, 1.165) is 0 Å². The summed E-state index contributed by atoms with van der Waals surface area (Å²) in [4.78, 5) is 45.4. The molecule has 1 aromatic heterocycles. The van der Waals surface area contributed by atoms with Gasteiger partial charge in [-0.25, -0.2) is 0 Å². The summed E-state index contributed by atoms with van der Waals surface area (Å²) in [5, 5.41) is 15.4. The van der Waals surface area contributed by atoms with Crippen molar-refractivity contribution in [3.05, 3.63) is 58.5 Å². The summed E-state index contributed by atoms with van der Waals surface area (Å²) in [6.07, 6.45) is 0.149. The fraction of sp³-hybridized carbons (Fsp3) is 0.188. The molecule has 26 heavy (non-hydrogen) atoms. The smallest absolute Gasteiger partial charge is 0.326 e. The molecule has 10 heteroatoms. The number of carbonyl (C=O) groups excluding carboxylic acids is 3. The molecule has 1 aromatic carbocycles. The second-order valence-electron chi connectivity index (χ2n) is 5.09. The van der Waals surface area contributed by atoms with Crippen LogP contribution in [0, 0.1) is 10.1 Å². The van der Waals surface area contributed by atoms with E-state index in [1.165, 1.54) is 49.6 Å². The zero-order valence-corrected chi connectivity index (χ0v) is 13.6. The van der Waals surface area contributed by atoms with Gasteiger partial charge in [-0.15, -0.1) is 0 Å². The zero-order valence-electron chi connectivity index (χ0n) is 13.6. The van der Waals surface area contributed by atoms with E-state index in [1.807, 2.05) is 0 Å². The molecule has 0 saturated heterocycles. The van der Waals surface area contributed by atoms with Crippen LogP contribution in [0.25, 0.3) is 0 Å². The Kier molecular flexibility index (Phi) is 6.04. The summed E-state index contributed by atoms with van der Waals surface area (Å²) in [7, 11) is 0. The number of furan rings is 1. The third-order valence-electron chi connectivity index (χ3n) is 3.14. The first-order valence-electron chi connectivity index (χ1n) is 7.43. The van der Waals surface area contributed by atoms with Gasteiger partial charge in [0.15, 0.2) is 11.9 Å². The Balaban J connectivity index is 1.82. The monoisotopic (exact) mass is 361 g/mol. The number of ether oxygens (including phenoxy) is 1. The van der Waals surface area contributed by atoms with Crippen molar-refractivity contribution in [2.75, 3.05) is 11.9 Å². The van der Waals surface area contributed by atoms with Crippen LogP contribution in [0.15, 0.2) is 47.1 Å². The van der Waals surface area contributed by atoms with Gasteiger partial charge in [-0.3, -0.25) is 24.5 Å². The van der Waals surface area contributed by atoms with E-state index in [9.17, 15) is 24.5 Å². The maximum absolute atomic E-state index is 12.0. The number of carbonyl (C=O) groups is 3. The molecule has 0 bridgehead atoms. The van der Waals surface area contributed by atoms with Gasteiger partial charge >= 0.3 is 5.97 Å². The first-order valence-corrected chi connectivity index (χ1v) is 7.43. The molecule has 2 aromatic rings. The number of nitro benzene ring substituents is 1. The molecule has 0 aliphatic heterocycles. The second kappa shape index (κ2) is 8.42. The molecule has 0 aliphatic rings. The number of nitrogens with zero attached hydrogens (tertiary/aromatic N) is 1. The molecule has 136 valence electrons. The normalized spacial score (nSPS) is 11.3. The van der Waals surface area contributed by atoms with E-state index >= 15 is 0 Å². The number of esters is 1.